The highest BCUT2D eigenvalue weighted by Gasteiger charge is 2.48. The van der Waals surface area contributed by atoms with Crippen molar-refractivity contribution in [3.05, 3.63) is 72.9 Å². The van der Waals surface area contributed by atoms with E-state index in [-0.39, 0.29) is 37.6 Å². The van der Waals surface area contributed by atoms with Gasteiger partial charge < -0.3 is 35.2 Å². The monoisotopic (exact) mass is 730 g/mol. The third kappa shape index (κ3) is 16.0. The maximum absolute atomic E-state index is 13.7. The highest BCUT2D eigenvalue weighted by molar-refractivity contribution is 5.77. The van der Waals surface area contributed by atoms with Crippen LogP contribution in [-0.4, -0.2) is 90.5 Å². The van der Waals surface area contributed by atoms with Crippen molar-refractivity contribution >= 4 is 11.9 Å². The van der Waals surface area contributed by atoms with Gasteiger partial charge in [0.15, 0.2) is 0 Å². The summed E-state index contributed by atoms with van der Waals surface area (Å²) >= 11 is 0. The molecule has 0 aromatic rings. The van der Waals surface area contributed by atoms with Gasteiger partial charge in [0.2, 0.25) is 5.91 Å². The fourth-order valence-electron chi connectivity index (χ4n) is 6.77. The van der Waals surface area contributed by atoms with Gasteiger partial charge in [0.05, 0.1) is 29.8 Å². The lowest BCUT2D eigenvalue weighted by atomic mass is 9.78. The predicted octanol–water partition coefficient (Wildman–Crippen LogP) is 6.90. The number of ether oxygens (including phenoxy) is 1. The van der Waals surface area contributed by atoms with E-state index in [0.717, 1.165) is 38.5 Å². The van der Waals surface area contributed by atoms with Crippen LogP contribution in [0.3, 0.4) is 0 Å². The van der Waals surface area contributed by atoms with Crippen LogP contribution < -0.4 is 0 Å². The van der Waals surface area contributed by atoms with Gasteiger partial charge in [-0.2, -0.15) is 0 Å². The van der Waals surface area contributed by atoms with Crippen LogP contribution in [0.5, 0.6) is 0 Å². The molecule has 0 saturated carbocycles. The van der Waals surface area contributed by atoms with Crippen LogP contribution in [0.15, 0.2) is 72.9 Å². The average molecular weight is 730 g/mol. The lowest BCUT2D eigenvalue weighted by Gasteiger charge is -2.43. The van der Waals surface area contributed by atoms with Gasteiger partial charge in [-0.05, 0) is 91.4 Å². The summed E-state index contributed by atoms with van der Waals surface area (Å²) in [6.07, 6.45) is 26.6. The summed E-state index contributed by atoms with van der Waals surface area (Å²) in [5.41, 5.74) is -3.57. The Hall–Kier alpha value is -2.82. The molecule has 1 aliphatic heterocycles. The summed E-state index contributed by atoms with van der Waals surface area (Å²) in [4.78, 5) is 28.3. The van der Waals surface area contributed by atoms with E-state index in [1.54, 1.807) is 20.8 Å². The number of hydrogen-bond acceptors (Lipinski definition) is 8. The quantitative estimate of drug-likeness (QED) is 0.0904. The second kappa shape index (κ2) is 24.5. The van der Waals surface area contributed by atoms with Crippen LogP contribution in [0, 0.1) is 17.8 Å². The van der Waals surface area contributed by atoms with Crippen LogP contribution in [0.2, 0.25) is 0 Å². The zero-order valence-electron chi connectivity index (χ0n) is 33.2. The van der Waals surface area contributed by atoms with Crippen LogP contribution in [0.25, 0.3) is 0 Å². The first-order chi connectivity index (χ1) is 24.5. The van der Waals surface area contributed by atoms with Crippen LogP contribution in [0.1, 0.15) is 120 Å². The standard InChI is InChI=1S/C43H71NO8/c1-9-11-12-13-14-15-16-17-18-19-20-21-22-23-24-25-26-27-28-29-37(45)44-31-32(3)30-42(7,50)39(47)33(4)38(46)34(5)41(49)52-36(10-2)43(8,51)40(48)35(44)6/h11-12,14-15,17-18,20-21,23-24,26-27,32-36,38-40,46-48,50-51H,9-10,13,16,19,22,25,28-31H2,1-8H3/t32-,33+,34-,35-,36-,38+,39-,40-,42-,43-/m1/s1. The van der Waals surface area contributed by atoms with Crippen molar-refractivity contribution in [3.63, 3.8) is 0 Å². The molecule has 1 rings (SSSR count). The number of carbonyl (C=O) groups excluding carboxylic acids is 2. The number of nitrogens with zero attached hydrogens (tertiary/aromatic N) is 1. The molecule has 0 spiro atoms. The van der Waals surface area contributed by atoms with Gasteiger partial charge in [0.1, 0.15) is 17.8 Å². The summed E-state index contributed by atoms with van der Waals surface area (Å²) in [6, 6.07) is -0.870. The number of carbonyl (C=O) groups is 2. The van der Waals surface area contributed by atoms with Gasteiger partial charge in [-0.1, -0.05) is 101 Å². The normalized spacial score (nSPS) is 33.6. The number of aliphatic hydroxyl groups excluding tert-OH is 3. The van der Waals surface area contributed by atoms with E-state index < -0.39 is 59.5 Å². The number of esters is 1. The minimum atomic E-state index is -1.92. The molecule has 1 amide bonds. The number of hydrogen-bond donors (Lipinski definition) is 5. The Morgan fingerprint density at radius 1 is 0.769 bits per heavy atom. The third-order valence-corrected chi connectivity index (χ3v) is 10.1. The van der Waals surface area contributed by atoms with Crippen molar-refractivity contribution < 1.29 is 39.9 Å². The summed E-state index contributed by atoms with van der Waals surface area (Å²) in [6.45, 7) is 13.4. The van der Waals surface area contributed by atoms with E-state index in [2.05, 4.69) is 67.7 Å². The highest BCUT2D eigenvalue weighted by Crippen LogP contribution is 2.33. The Morgan fingerprint density at radius 3 is 1.69 bits per heavy atom. The topological polar surface area (TPSA) is 148 Å². The first kappa shape index (κ1) is 47.2. The molecular weight excluding hydrogens is 658 g/mol. The number of allylic oxidation sites excluding steroid dienone is 12. The average Bonchev–Trinajstić information content (AvgIpc) is 3.10. The summed E-state index contributed by atoms with van der Waals surface area (Å²) < 4.78 is 5.64. The van der Waals surface area contributed by atoms with Crippen molar-refractivity contribution in [3.8, 4) is 0 Å². The van der Waals surface area contributed by atoms with Gasteiger partial charge in [0.25, 0.3) is 0 Å². The third-order valence-electron chi connectivity index (χ3n) is 10.1. The number of amides is 1. The zero-order chi connectivity index (χ0) is 39.3. The van der Waals surface area contributed by atoms with Gasteiger partial charge in [-0.25, -0.2) is 0 Å². The minimum Gasteiger partial charge on any atom is -0.459 e. The smallest absolute Gasteiger partial charge is 0.311 e. The second-order valence-corrected chi connectivity index (χ2v) is 15.0. The Morgan fingerprint density at radius 2 is 1.23 bits per heavy atom. The molecule has 9 heteroatoms. The molecule has 1 heterocycles. The summed E-state index contributed by atoms with van der Waals surface area (Å²) in [5, 5.41) is 56.4. The molecule has 5 N–H and O–H groups in total. The summed E-state index contributed by atoms with van der Waals surface area (Å²) in [7, 11) is 0. The van der Waals surface area contributed by atoms with E-state index >= 15 is 0 Å². The van der Waals surface area contributed by atoms with E-state index in [1.807, 2.05) is 19.1 Å². The molecule has 0 aromatic carbocycles. The van der Waals surface area contributed by atoms with Crippen molar-refractivity contribution in [2.75, 3.05) is 6.54 Å². The number of aliphatic hydroxyl groups is 5. The minimum absolute atomic E-state index is 0.0811. The Balaban J connectivity index is 2.89. The molecular formula is C43H71NO8. The molecule has 0 bridgehead atoms. The maximum atomic E-state index is 13.7. The van der Waals surface area contributed by atoms with E-state index in [0.29, 0.717) is 6.42 Å². The Bertz CT molecular complexity index is 1220. The SMILES string of the molecule is CCC=CCC=CCC=CCC=CCC=CCC=CCCC(=O)N1C[C@H](C)C[C@@](C)(O)[C@H](O)[C@@H](C)[C@H](O)[C@@H](C)C(=O)O[C@H](CC)[C@@](C)(O)[C@H](O)[C@H]1C. The van der Waals surface area contributed by atoms with Crippen molar-refractivity contribution in [2.45, 2.75) is 161 Å². The molecule has 1 aliphatic rings. The zero-order valence-corrected chi connectivity index (χ0v) is 33.2. The fourth-order valence-corrected chi connectivity index (χ4v) is 6.77. The number of cyclic esters (lactones) is 1. The molecule has 52 heavy (non-hydrogen) atoms. The largest absolute Gasteiger partial charge is 0.459 e. The van der Waals surface area contributed by atoms with E-state index in [9.17, 15) is 35.1 Å². The highest BCUT2D eigenvalue weighted by atomic mass is 16.6. The molecule has 1 fully saturated rings. The van der Waals surface area contributed by atoms with Crippen LogP contribution >= 0.6 is 0 Å². The van der Waals surface area contributed by atoms with Gasteiger partial charge in [-0.15, -0.1) is 0 Å². The van der Waals surface area contributed by atoms with E-state index in [1.165, 1.54) is 25.7 Å². The molecule has 296 valence electrons. The van der Waals surface area contributed by atoms with Crippen molar-refractivity contribution in [1.29, 1.82) is 0 Å². The molecule has 0 unspecified atom stereocenters. The van der Waals surface area contributed by atoms with Crippen LogP contribution in [-0.2, 0) is 14.3 Å². The second-order valence-electron chi connectivity index (χ2n) is 15.0. The fraction of sp³-hybridized carbons (Fsp3) is 0.674. The first-order valence-corrected chi connectivity index (χ1v) is 19.4. The predicted molar refractivity (Wildman–Crippen MR) is 210 cm³/mol. The number of rotatable bonds is 15. The maximum Gasteiger partial charge on any atom is 0.311 e. The lowest BCUT2D eigenvalue weighted by molar-refractivity contribution is -0.194. The molecule has 10 atom stereocenters. The van der Waals surface area contributed by atoms with E-state index in [4.69, 9.17) is 4.74 Å². The molecule has 0 aromatic heterocycles. The molecule has 0 aliphatic carbocycles. The van der Waals surface area contributed by atoms with Crippen molar-refractivity contribution in [2.24, 2.45) is 17.8 Å². The van der Waals surface area contributed by atoms with Crippen molar-refractivity contribution in [1.82, 2.24) is 4.90 Å². The van der Waals surface area contributed by atoms with Gasteiger partial charge >= 0.3 is 5.97 Å². The van der Waals surface area contributed by atoms with Gasteiger partial charge in [0, 0.05) is 18.9 Å². The first-order valence-electron chi connectivity index (χ1n) is 19.4. The van der Waals surface area contributed by atoms with Crippen LogP contribution in [0.4, 0.5) is 0 Å². The Labute approximate surface area is 314 Å². The summed E-state index contributed by atoms with van der Waals surface area (Å²) in [5.74, 6) is -3.33. The molecule has 9 nitrogen and oxygen atoms in total. The Kier molecular flexibility index (Phi) is 22.2. The van der Waals surface area contributed by atoms with Gasteiger partial charge in [-0.3, -0.25) is 9.59 Å². The lowest BCUT2D eigenvalue weighted by Crippen LogP contribution is -2.60. The molecule has 0 radical (unpaired) electrons. The molecule has 1 saturated heterocycles.